The molecule has 54 valence electrons. The highest BCUT2D eigenvalue weighted by molar-refractivity contribution is 5.96. The lowest BCUT2D eigenvalue weighted by molar-refractivity contribution is -0.118. The number of terminal acetylenes is 1. The SMILES string of the molecule is C#CC(=O)C1CCCCC1. The van der Waals surface area contributed by atoms with E-state index >= 15 is 0 Å². The van der Waals surface area contributed by atoms with E-state index in [2.05, 4.69) is 5.92 Å². The third-order valence-electron chi connectivity index (χ3n) is 2.12. The van der Waals surface area contributed by atoms with Gasteiger partial charge in [-0.3, -0.25) is 4.79 Å². The van der Waals surface area contributed by atoms with E-state index in [0.717, 1.165) is 12.8 Å². The van der Waals surface area contributed by atoms with E-state index in [1.807, 2.05) is 0 Å². The lowest BCUT2D eigenvalue weighted by Crippen LogP contribution is -2.15. The standard InChI is InChI=1S/C9H12O/c1-2-9(10)8-6-4-3-5-7-8/h1,8H,3-7H2. The van der Waals surface area contributed by atoms with Crippen LogP contribution in [-0.4, -0.2) is 5.78 Å². The minimum Gasteiger partial charge on any atom is -0.285 e. The summed E-state index contributed by atoms with van der Waals surface area (Å²) in [5, 5.41) is 0. The first-order valence-corrected chi connectivity index (χ1v) is 3.85. The summed E-state index contributed by atoms with van der Waals surface area (Å²) in [4.78, 5) is 10.9. The number of Topliss-reactive ketones (excluding diaryl/α,β-unsaturated/α-hetero) is 1. The molecule has 1 aliphatic rings. The van der Waals surface area contributed by atoms with E-state index in [4.69, 9.17) is 6.42 Å². The molecule has 1 aliphatic carbocycles. The Morgan fingerprint density at radius 2 is 1.90 bits per heavy atom. The Labute approximate surface area is 61.8 Å². The van der Waals surface area contributed by atoms with Gasteiger partial charge in [-0.25, -0.2) is 0 Å². The lowest BCUT2D eigenvalue weighted by atomic mass is 9.86. The van der Waals surface area contributed by atoms with Gasteiger partial charge in [0.1, 0.15) is 0 Å². The predicted molar refractivity (Wildman–Crippen MR) is 40.4 cm³/mol. The molecule has 0 aromatic carbocycles. The lowest BCUT2D eigenvalue weighted by Gasteiger charge is -2.17. The summed E-state index contributed by atoms with van der Waals surface area (Å²) < 4.78 is 0. The smallest absolute Gasteiger partial charge is 0.208 e. The highest BCUT2D eigenvalue weighted by Crippen LogP contribution is 2.23. The Morgan fingerprint density at radius 1 is 1.30 bits per heavy atom. The Bertz CT molecular complexity index is 158. The van der Waals surface area contributed by atoms with Gasteiger partial charge in [0, 0.05) is 5.92 Å². The Hall–Kier alpha value is -0.770. The molecule has 0 aromatic heterocycles. The van der Waals surface area contributed by atoms with Gasteiger partial charge < -0.3 is 0 Å². The molecule has 10 heavy (non-hydrogen) atoms. The molecule has 1 heteroatoms. The van der Waals surface area contributed by atoms with Crippen LogP contribution in [-0.2, 0) is 4.79 Å². The maximum atomic E-state index is 10.9. The van der Waals surface area contributed by atoms with Crippen molar-refractivity contribution in [3.05, 3.63) is 0 Å². The van der Waals surface area contributed by atoms with Crippen LogP contribution in [0.1, 0.15) is 32.1 Å². The van der Waals surface area contributed by atoms with Crippen molar-refractivity contribution < 1.29 is 4.79 Å². The zero-order chi connectivity index (χ0) is 7.40. The average molecular weight is 136 g/mol. The summed E-state index contributed by atoms with van der Waals surface area (Å²) in [6.07, 6.45) is 10.7. The largest absolute Gasteiger partial charge is 0.285 e. The van der Waals surface area contributed by atoms with Crippen molar-refractivity contribution >= 4 is 5.78 Å². The summed E-state index contributed by atoms with van der Waals surface area (Å²) in [6.45, 7) is 0. The maximum Gasteiger partial charge on any atom is 0.208 e. The van der Waals surface area contributed by atoms with Crippen molar-refractivity contribution in [3.8, 4) is 12.3 Å². The zero-order valence-corrected chi connectivity index (χ0v) is 6.10. The molecule has 0 unspecified atom stereocenters. The minimum atomic E-state index is 0.0136. The van der Waals surface area contributed by atoms with Gasteiger partial charge in [0.2, 0.25) is 5.78 Å². The Balaban J connectivity index is 2.40. The summed E-state index contributed by atoms with van der Waals surface area (Å²) in [6, 6.07) is 0. The molecule has 0 amide bonds. The second-order valence-corrected chi connectivity index (χ2v) is 2.84. The van der Waals surface area contributed by atoms with Gasteiger partial charge in [-0.05, 0) is 18.8 Å². The van der Waals surface area contributed by atoms with E-state index in [0.29, 0.717) is 0 Å². The van der Waals surface area contributed by atoms with Crippen LogP contribution >= 0.6 is 0 Å². The fraction of sp³-hybridized carbons (Fsp3) is 0.667. The quantitative estimate of drug-likeness (QED) is 0.396. The van der Waals surface area contributed by atoms with Crippen LogP contribution in [0.2, 0.25) is 0 Å². The molecule has 1 rings (SSSR count). The van der Waals surface area contributed by atoms with Gasteiger partial charge in [-0.15, -0.1) is 6.42 Å². The number of ketones is 1. The average Bonchev–Trinajstić information content (AvgIpc) is 2.05. The van der Waals surface area contributed by atoms with Crippen molar-refractivity contribution in [1.29, 1.82) is 0 Å². The summed E-state index contributed by atoms with van der Waals surface area (Å²) in [5.74, 6) is 2.40. The van der Waals surface area contributed by atoms with Crippen molar-refractivity contribution in [2.45, 2.75) is 32.1 Å². The van der Waals surface area contributed by atoms with Crippen molar-refractivity contribution in [1.82, 2.24) is 0 Å². The van der Waals surface area contributed by atoms with Gasteiger partial charge in [-0.1, -0.05) is 19.3 Å². The number of rotatable bonds is 1. The molecule has 0 N–H and O–H groups in total. The van der Waals surface area contributed by atoms with Crippen LogP contribution < -0.4 is 0 Å². The first-order valence-electron chi connectivity index (χ1n) is 3.85. The number of carbonyl (C=O) groups excluding carboxylic acids is 1. The van der Waals surface area contributed by atoms with Gasteiger partial charge >= 0.3 is 0 Å². The molecule has 1 nitrogen and oxygen atoms in total. The maximum absolute atomic E-state index is 10.9. The molecule has 0 saturated heterocycles. The van der Waals surface area contributed by atoms with Gasteiger partial charge in [-0.2, -0.15) is 0 Å². The first-order chi connectivity index (χ1) is 4.84. The third kappa shape index (κ3) is 1.60. The molecule has 0 aliphatic heterocycles. The zero-order valence-electron chi connectivity index (χ0n) is 6.10. The molecule has 1 fully saturated rings. The van der Waals surface area contributed by atoms with Crippen LogP contribution in [0.25, 0.3) is 0 Å². The molecular formula is C9H12O. The van der Waals surface area contributed by atoms with Gasteiger partial charge in [0.05, 0.1) is 0 Å². The van der Waals surface area contributed by atoms with Crippen LogP contribution in [0.3, 0.4) is 0 Å². The number of hydrogen-bond acceptors (Lipinski definition) is 1. The minimum absolute atomic E-state index is 0.0136. The summed E-state index contributed by atoms with van der Waals surface area (Å²) in [5.41, 5.74) is 0. The highest BCUT2D eigenvalue weighted by Gasteiger charge is 2.18. The van der Waals surface area contributed by atoms with E-state index in [-0.39, 0.29) is 11.7 Å². The van der Waals surface area contributed by atoms with Gasteiger partial charge in [0.25, 0.3) is 0 Å². The fourth-order valence-electron chi connectivity index (χ4n) is 1.48. The number of hydrogen-bond donors (Lipinski definition) is 0. The molecule has 0 heterocycles. The molecule has 0 aromatic rings. The van der Waals surface area contributed by atoms with E-state index in [9.17, 15) is 4.79 Å². The second kappa shape index (κ2) is 3.41. The third-order valence-corrected chi connectivity index (χ3v) is 2.12. The summed E-state index contributed by atoms with van der Waals surface area (Å²) >= 11 is 0. The van der Waals surface area contributed by atoms with Crippen LogP contribution in [0.15, 0.2) is 0 Å². The van der Waals surface area contributed by atoms with Crippen molar-refractivity contribution in [2.75, 3.05) is 0 Å². The Kier molecular flexibility index (Phi) is 2.50. The number of carbonyl (C=O) groups is 1. The molecule has 0 radical (unpaired) electrons. The predicted octanol–water partition coefficient (Wildman–Crippen LogP) is 1.77. The second-order valence-electron chi connectivity index (χ2n) is 2.84. The van der Waals surface area contributed by atoms with E-state index in [1.54, 1.807) is 0 Å². The topological polar surface area (TPSA) is 17.1 Å². The van der Waals surface area contributed by atoms with Crippen molar-refractivity contribution in [2.24, 2.45) is 5.92 Å². The Morgan fingerprint density at radius 3 is 2.40 bits per heavy atom. The van der Waals surface area contributed by atoms with Crippen molar-refractivity contribution in [3.63, 3.8) is 0 Å². The monoisotopic (exact) mass is 136 g/mol. The highest BCUT2D eigenvalue weighted by atomic mass is 16.1. The first kappa shape index (κ1) is 7.34. The molecule has 1 saturated carbocycles. The van der Waals surface area contributed by atoms with Gasteiger partial charge in [0.15, 0.2) is 0 Å². The normalized spacial score (nSPS) is 19.9. The van der Waals surface area contributed by atoms with Crippen LogP contribution in [0.5, 0.6) is 0 Å². The van der Waals surface area contributed by atoms with Crippen LogP contribution in [0.4, 0.5) is 0 Å². The summed E-state index contributed by atoms with van der Waals surface area (Å²) in [7, 11) is 0. The molecule has 0 spiro atoms. The van der Waals surface area contributed by atoms with E-state index < -0.39 is 0 Å². The molecule has 0 bridgehead atoms. The fourth-order valence-corrected chi connectivity index (χ4v) is 1.48. The van der Waals surface area contributed by atoms with E-state index in [1.165, 1.54) is 19.3 Å². The van der Waals surface area contributed by atoms with Crippen LogP contribution in [0, 0.1) is 18.3 Å². The molecule has 0 atom stereocenters. The molecular weight excluding hydrogens is 124 g/mol.